The Morgan fingerprint density at radius 1 is 1.48 bits per heavy atom. The molecule has 4 N–H and O–H groups in total. The van der Waals surface area contributed by atoms with Gasteiger partial charge in [0.2, 0.25) is 0 Å². The SMILES string of the molecule is Nc1ccc(C(=O)NCC2CCCC(O)C2)cc1[N+](=O)[O-]. The third-order valence-corrected chi connectivity index (χ3v) is 3.80. The van der Waals surface area contributed by atoms with Crippen LogP contribution in [0.5, 0.6) is 0 Å². The van der Waals surface area contributed by atoms with E-state index < -0.39 is 4.92 Å². The van der Waals surface area contributed by atoms with Crippen molar-refractivity contribution >= 4 is 17.3 Å². The number of nitro benzene ring substituents is 1. The van der Waals surface area contributed by atoms with Crippen molar-refractivity contribution in [2.45, 2.75) is 31.8 Å². The summed E-state index contributed by atoms with van der Waals surface area (Å²) in [6.45, 7) is 0.466. The molecule has 0 heterocycles. The molecule has 2 unspecified atom stereocenters. The van der Waals surface area contributed by atoms with Crippen LogP contribution in [0.2, 0.25) is 0 Å². The zero-order valence-corrected chi connectivity index (χ0v) is 11.6. The number of hydrogen-bond acceptors (Lipinski definition) is 5. The van der Waals surface area contributed by atoms with E-state index in [1.807, 2.05) is 0 Å². The summed E-state index contributed by atoms with van der Waals surface area (Å²) in [5, 5.41) is 23.2. The molecule has 114 valence electrons. The molecule has 1 aliphatic rings. The van der Waals surface area contributed by atoms with E-state index in [-0.39, 0.29) is 34.9 Å². The predicted octanol–water partition coefficient (Wildman–Crippen LogP) is 1.46. The zero-order chi connectivity index (χ0) is 15.4. The monoisotopic (exact) mass is 293 g/mol. The number of nitrogen functional groups attached to an aromatic ring is 1. The van der Waals surface area contributed by atoms with Crippen LogP contribution in [0.4, 0.5) is 11.4 Å². The van der Waals surface area contributed by atoms with Gasteiger partial charge in [-0.1, -0.05) is 6.42 Å². The molecule has 1 saturated carbocycles. The fraction of sp³-hybridized carbons (Fsp3) is 0.500. The first kappa shape index (κ1) is 15.2. The second kappa shape index (κ2) is 6.53. The number of benzene rings is 1. The quantitative estimate of drug-likeness (QED) is 0.441. The molecule has 1 aromatic rings. The first-order valence-corrected chi connectivity index (χ1v) is 6.97. The number of nitrogens with two attached hydrogens (primary N) is 1. The maximum atomic E-state index is 12.0. The second-order valence-electron chi connectivity index (χ2n) is 5.43. The number of nitrogens with zero attached hydrogens (tertiary/aromatic N) is 1. The molecular weight excluding hydrogens is 274 g/mol. The Kier molecular flexibility index (Phi) is 4.74. The summed E-state index contributed by atoms with van der Waals surface area (Å²) in [7, 11) is 0. The maximum absolute atomic E-state index is 12.0. The Balaban J connectivity index is 1.97. The molecule has 0 saturated heterocycles. The summed E-state index contributed by atoms with van der Waals surface area (Å²) in [6.07, 6.45) is 3.13. The average molecular weight is 293 g/mol. The highest BCUT2D eigenvalue weighted by Gasteiger charge is 2.21. The van der Waals surface area contributed by atoms with Gasteiger partial charge in [0.1, 0.15) is 5.69 Å². The van der Waals surface area contributed by atoms with Gasteiger partial charge in [-0.15, -0.1) is 0 Å². The lowest BCUT2D eigenvalue weighted by atomic mass is 9.87. The van der Waals surface area contributed by atoms with Crippen LogP contribution in [0.3, 0.4) is 0 Å². The molecule has 1 aromatic carbocycles. The van der Waals surface area contributed by atoms with E-state index in [4.69, 9.17) is 5.73 Å². The van der Waals surface area contributed by atoms with E-state index in [2.05, 4.69) is 5.32 Å². The molecule has 0 aromatic heterocycles. The van der Waals surface area contributed by atoms with Gasteiger partial charge in [0.25, 0.3) is 11.6 Å². The number of nitro groups is 1. The maximum Gasteiger partial charge on any atom is 0.292 e. The van der Waals surface area contributed by atoms with E-state index >= 15 is 0 Å². The molecule has 0 spiro atoms. The van der Waals surface area contributed by atoms with E-state index in [1.165, 1.54) is 18.2 Å². The van der Waals surface area contributed by atoms with E-state index in [9.17, 15) is 20.0 Å². The zero-order valence-electron chi connectivity index (χ0n) is 11.6. The summed E-state index contributed by atoms with van der Waals surface area (Å²) in [5.74, 6) is -0.111. The molecule has 1 aliphatic carbocycles. The van der Waals surface area contributed by atoms with Crippen molar-refractivity contribution < 1.29 is 14.8 Å². The minimum Gasteiger partial charge on any atom is -0.393 e. The van der Waals surface area contributed by atoms with Crippen LogP contribution >= 0.6 is 0 Å². The molecule has 1 fully saturated rings. The standard InChI is InChI=1S/C14H19N3O4/c15-12-5-4-10(7-13(12)17(20)21)14(19)16-8-9-2-1-3-11(18)6-9/h4-5,7,9,11,18H,1-3,6,8,15H2,(H,16,19). The average Bonchev–Trinajstić information content (AvgIpc) is 2.45. The molecule has 1 amide bonds. The van der Waals surface area contributed by atoms with Gasteiger partial charge in [0.15, 0.2) is 0 Å². The molecule has 0 aliphatic heterocycles. The van der Waals surface area contributed by atoms with Crippen molar-refractivity contribution in [3.63, 3.8) is 0 Å². The Hall–Kier alpha value is -2.15. The number of carbonyl (C=O) groups excluding carboxylic acids is 1. The molecule has 7 nitrogen and oxygen atoms in total. The second-order valence-corrected chi connectivity index (χ2v) is 5.43. The number of anilines is 1. The largest absolute Gasteiger partial charge is 0.393 e. The number of nitrogens with one attached hydrogen (secondary N) is 1. The molecule has 7 heteroatoms. The van der Waals surface area contributed by atoms with Gasteiger partial charge in [0, 0.05) is 18.2 Å². The van der Waals surface area contributed by atoms with Crippen LogP contribution in [0.15, 0.2) is 18.2 Å². The fourth-order valence-corrected chi connectivity index (χ4v) is 2.63. The minimum atomic E-state index is -0.608. The van der Waals surface area contributed by atoms with Crippen LogP contribution < -0.4 is 11.1 Å². The van der Waals surface area contributed by atoms with E-state index in [0.717, 1.165) is 19.3 Å². The Morgan fingerprint density at radius 3 is 2.90 bits per heavy atom. The molecule has 0 bridgehead atoms. The van der Waals surface area contributed by atoms with E-state index in [1.54, 1.807) is 0 Å². The van der Waals surface area contributed by atoms with Gasteiger partial charge >= 0.3 is 0 Å². The van der Waals surface area contributed by atoms with Crippen molar-refractivity contribution in [3.8, 4) is 0 Å². The lowest BCUT2D eigenvalue weighted by Crippen LogP contribution is -2.33. The van der Waals surface area contributed by atoms with Crippen LogP contribution in [0, 0.1) is 16.0 Å². The number of aliphatic hydroxyl groups is 1. The molecule has 2 rings (SSSR count). The third-order valence-electron chi connectivity index (χ3n) is 3.80. The smallest absolute Gasteiger partial charge is 0.292 e. The van der Waals surface area contributed by atoms with Crippen molar-refractivity contribution in [1.29, 1.82) is 0 Å². The number of amides is 1. The van der Waals surface area contributed by atoms with Crippen LogP contribution in [-0.4, -0.2) is 28.6 Å². The highest BCUT2D eigenvalue weighted by Crippen LogP contribution is 2.24. The highest BCUT2D eigenvalue weighted by molar-refractivity contribution is 5.95. The van der Waals surface area contributed by atoms with Gasteiger partial charge in [-0.25, -0.2) is 0 Å². The molecular formula is C14H19N3O4. The number of aliphatic hydroxyl groups excluding tert-OH is 1. The van der Waals surface area contributed by atoms with Gasteiger partial charge in [0.05, 0.1) is 11.0 Å². The van der Waals surface area contributed by atoms with Crippen LogP contribution in [0.1, 0.15) is 36.0 Å². The van der Waals surface area contributed by atoms with Crippen molar-refractivity contribution in [3.05, 3.63) is 33.9 Å². The summed E-state index contributed by atoms with van der Waals surface area (Å²) in [6, 6.07) is 4.01. The lowest BCUT2D eigenvalue weighted by molar-refractivity contribution is -0.383. The molecule has 2 atom stereocenters. The van der Waals surface area contributed by atoms with Crippen molar-refractivity contribution in [2.24, 2.45) is 5.92 Å². The number of carbonyl (C=O) groups is 1. The van der Waals surface area contributed by atoms with E-state index in [0.29, 0.717) is 13.0 Å². The topological polar surface area (TPSA) is 118 Å². The summed E-state index contributed by atoms with van der Waals surface area (Å²) < 4.78 is 0. The molecule has 0 radical (unpaired) electrons. The first-order chi connectivity index (χ1) is 9.97. The highest BCUT2D eigenvalue weighted by atomic mass is 16.6. The van der Waals surface area contributed by atoms with Crippen molar-refractivity contribution in [2.75, 3.05) is 12.3 Å². The first-order valence-electron chi connectivity index (χ1n) is 6.97. The van der Waals surface area contributed by atoms with Crippen molar-refractivity contribution in [1.82, 2.24) is 5.32 Å². The third kappa shape index (κ3) is 3.91. The van der Waals surface area contributed by atoms with Gasteiger partial charge in [-0.05, 0) is 37.3 Å². The lowest BCUT2D eigenvalue weighted by Gasteiger charge is -2.25. The van der Waals surface area contributed by atoms with Gasteiger partial charge in [-0.2, -0.15) is 0 Å². The van der Waals surface area contributed by atoms with Crippen LogP contribution in [-0.2, 0) is 0 Å². The van der Waals surface area contributed by atoms with Gasteiger partial charge in [-0.3, -0.25) is 14.9 Å². The summed E-state index contributed by atoms with van der Waals surface area (Å²) >= 11 is 0. The minimum absolute atomic E-state index is 0.0342. The fourth-order valence-electron chi connectivity index (χ4n) is 2.63. The Labute approximate surface area is 122 Å². The number of rotatable bonds is 4. The Morgan fingerprint density at radius 2 is 2.24 bits per heavy atom. The normalized spacial score (nSPS) is 21.8. The summed E-state index contributed by atoms with van der Waals surface area (Å²) in [4.78, 5) is 22.2. The Bertz CT molecular complexity index is 547. The van der Waals surface area contributed by atoms with Crippen LogP contribution in [0.25, 0.3) is 0 Å². The summed E-state index contributed by atoms with van der Waals surface area (Å²) in [5.41, 5.74) is 5.48. The van der Waals surface area contributed by atoms with Gasteiger partial charge < -0.3 is 16.2 Å². The number of hydrogen-bond donors (Lipinski definition) is 3. The predicted molar refractivity (Wildman–Crippen MR) is 77.8 cm³/mol. The molecule has 21 heavy (non-hydrogen) atoms.